The summed E-state index contributed by atoms with van der Waals surface area (Å²) >= 11 is 0. The van der Waals surface area contributed by atoms with E-state index in [-0.39, 0.29) is 29.4 Å². The van der Waals surface area contributed by atoms with Crippen molar-refractivity contribution >= 4 is 11.7 Å². The van der Waals surface area contributed by atoms with Crippen LogP contribution in [-0.4, -0.2) is 27.1 Å². The van der Waals surface area contributed by atoms with Gasteiger partial charge in [0.15, 0.2) is 11.5 Å². The fraction of sp³-hybridized carbons (Fsp3) is 0.455. The normalized spacial score (nSPS) is 16.0. The molecule has 0 spiro atoms. The Balaban J connectivity index is 1.85. The topological polar surface area (TPSA) is 73.7 Å². The molecule has 0 radical (unpaired) electrons. The van der Waals surface area contributed by atoms with Crippen molar-refractivity contribution in [1.29, 1.82) is 0 Å². The van der Waals surface area contributed by atoms with E-state index in [0.717, 1.165) is 37.1 Å². The molecule has 1 aliphatic carbocycles. The summed E-state index contributed by atoms with van der Waals surface area (Å²) in [5.74, 6) is 0.328. The molecule has 1 saturated carbocycles. The molecular weight excluding hydrogens is 340 g/mol. The minimum Gasteiger partial charge on any atom is -0.504 e. The summed E-state index contributed by atoms with van der Waals surface area (Å²) in [4.78, 5) is 19.9. The van der Waals surface area contributed by atoms with Crippen LogP contribution >= 0.6 is 0 Å². The zero-order valence-electron chi connectivity index (χ0n) is 15.8. The Morgan fingerprint density at radius 3 is 2.56 bits per heavy atom. The molecule has 0 saturated heterocycles. The molecule has 5 nitrogen and oxygen atoms in total. The van der Waals surface area contributed by atoms with Crippen LogP contribution in [0.2, 0.25) is 0 Å². The van der Waals surface area contributed by atoms with Gasteiger partial charge in [-0.3, -0.25) is 9.69 Å². The number of anilines is 1. The van der Waals surface area contributed by atoms with Gasteiger partial charge in [0.1, 0.15) is 5.82 Å². The van der Waals surface area contributed by atoms with Crippen molar-refractivity contribution in [2.24, 2.45) is 5.92 Å². The molecular formula is C22H28N2O3. The van der Waals surface area contributed by atoms with E-state index >= 15 is 0 Å². The Hall–Kier alpha value is -2.56. The van der Waals surface area contributed by atoms with E-state index in [1.807, 2.05) is 30.0 Å². The Kier molecular flexibility index (Phi) is 6.32. The van der Waals surface area contributed by atoms with Gasteiger partial charge in [0.25, 0.3) is 0 Å². The van der Waals surface area contributed by atoms with Crippen LogP contribution in [0.4, 0.5) is 5.82 Å². The van der Waals surface area contributed by atoms with Crippen LogP contribution in [0.5, 0.6) is 11.5 Å². The fourth-order valence-corrected chi connectivity index (χ4v) is 3.90. The second-order valence-electron chi connectivity index (χ2n) is 7.32. The first kappa shape index (κ1) is 19.2. The minimum atomic E-state index is -0.196. The zero-order valence-corrected chi connectivity index (χ0v) is 15.8. The van der Waals surface area contributed by atoms with Gasteiger partial charge in [-0.1, -0.05) is 38.3 Å². The summed E-state index contributed by atoms with van der Waals surface area (Å²) in [5, 5.41) is 19.3. The second kappa shape index (κ2) is 8.89. The number of benzene rings is 1. The number of nitrogens with zero attached hydrogens (tertiary/aromatic N) is 2. The Morgan fingerprint density at radius 2 is 1.93 bits per heavy atom. The van der Waals surface area contributed by atoms with Crippen LogP contribution in [0.25, 0.3) is 0 Å². The highest BCUT2D eigenvalue weighted by molar-refractivity contribution is 5.95. The smallest absolute Gasteiger partial charge is 0.231 e. The fourth-order valence-electron chi connectivity index (χ4n) is 3.90. The van der Waals surface area contributed by atoms with Crippen LogP contribution in [0.3, 0.4) is 0 Å². The Morgan fingerprint density at radius 1 is 1.15 bits per heavy atom. The lowest BCUT2D eigenvalue weighted by atomic mass is 9.90. The number of carbonyl (C=O) groups excluding carboxylic acids is 1. The lowest BCUT2D eigenvalue weighted by molar-refractivity contribution is -0.123. The van der Waals surface area contributed by atoms with Gasteiger partial charge in [-0.05, 0) is 55.5 Å². The third kappa shape index (κ3) is 4.59. The highest BCUT2D eigenvalue weighted by atomic mass is 16.3. The van der Waals surface area contributed by atoms with E-state index in [2.05, 4.69) is 4.98 Å². The number of hydrogen-bond acceptors (Lipinski definition) is 4. The lowest BCUT2D eigenvalue weighted by Gasteiger charge is -2.35. The maximum atomic E-state index is 13.5. The van der Waals surface area contributed by atoms with Crippen LogP contribution in [-0.2, 0) is 11.2 Å². The van der Waals surface area contributed by atoms with Gasteiger partial charge in [-0.2, -0.15) is 0 Å². The van der Waals surface area contributed by atoms with Crippen molar-refractivity contribution in [3.8, 4) is 11.5 Å². The molecule has 144 valence electrons. The first-order valence-corrected chi connectivity index (χ1v) is 9.85. The van der Waals surface area contributed by atoms with Gasteiger partial charge in [-0.25, -0.2) is 4.98 Å². The quantitative estimate of drug-likeness (QED) is 0.740. The number of phenols is 2. The molecule has 27 heavy (non-hydrogen) atoms. The van der Waals surface area contributed by atoms with Crippen LogP contribution in [0, 0.1) is 5.92 Å². The number of phenolic OH excluding ortho intramolecular Hbond substituents is 2. The first-order valence-electron chi connectivity index (χ1n) is 9.85. The zero-order chi connectivity index (χ0) is 19.2. The minimum absolute atomic E-state index is 0.0932. The van der Waals surface area contributed by atoms with E-state index < -0.39 is 0 Å². The first-order chi connectivity index (χ1) is 13.1. The molecule has 0 bridgehead atoms. The molecule has 1 unspecified atom stereocenters. The van der Waals surface area contributed by atoms with Gasteiger partial charge >= 0.3 is 0 Å². The van der Waals surface area contributed by atoms with E-state index in [1.54, 1.807) is 12.3 Å². The van der Waals surface area contributed by atoms with Crippen molar-refractivity contribution < 1.29 is 15.0 Å². The number of aromatic hydroxyl groups is 2. The third-order valence-corrected chi connectivity index (χ3v) is 5.44. The number of carbonyl (C=O) groups is 1. The lowest BCUT2D eigenvalue weighted by Crippen LogP contribution is -2.45. The van der Waals surface area contributed by atoms with Crippen LogP contribution in [0.1, 0.15) is 51.0 Å². The van der Waals surface area contributed by atoms with Gasteiger partial charge in [0.05, 0.1) is 0 Å². The summed E-state index contributed by atoms with van der Waals surface area (Å²) in [5.41, 5.74) is 0.843. The monoisotopic (exact) mass is 368 g/mol. The van der Waals surface area contributed by atoms with E-state index in [4.69, 9.17) is 0 Å². The highest BCUT2D eigenvalue weighted by Gasteiger charge is 2.31. The van der Waals surface area contributed by atoms with Crippen LogP contribution in [0.15, 0.2) is 42.6 Å². The average Bonchev–Trinajstić information content (AvgIpc) is 2.70. The number of hydrogen-bond donors (Lipinski definition) is 2. The van der Waals surface area contributed by atoms with Crippen molar-refractivity contribution in [3.63, 3.8) is 0 Å². The van der Waals surface area contributed by atoms with Crippen molar-refractivity contribution in [1.82, 2.24) is 4.98 Å². The molecule has 3 rings (SSSR count). The SMILES string of the molecule is CCC(Cc1ccc(O)c(O)c1)C(=O)N(c1ccccn1)C1CCCCC1. The second-order valence-corrected chi connectivity index (χ2v) is 7.32. The summed E-state index contributed by atoms with van der Waals surface area (Å²) in [6, 6.07) is 10.7. The summed E-state index contributed by atoms with van der Waals surface area (Å²) in [7, 11) is 0. The molecule has 1 aliphatic rings. The van der Waals surface area contributed by atoms with Crippen molar-refractivity contribution in [3.05, 3.63) is 48.2 Å². The summed E-state index contributed by atoms with van der Waals surface area (Å²) in [6.07, 6.45) is 8.50. The number of pyridine rings is 1. The van der Waals surface area contributed by atoms with Gasteiger partial charge in [0, 0.05) is 18.2 Å². The Bertz CT molecular complexity index is 757. The number of aromatic nitrogens is 1. The maximum Gasteiger partial charge on any atom is 0.231 e. The third-order valence-electron chi connectivity index (χ3n) is 5.44. The van der Waals surface area contributed by atoms with Gasteiger partial charge in [-0.15, -0.1) is 0 Å². The molecule has 0 aliphatic heterocycles. The highest BCUT2D eigenvalue weighted by Crippen LogP contribution is 2.30. The molecule has 1 amide bonds. The molecule has 5 heteroatoms. The van der Waals surface area contributed by atoms with Gasteiger partial charge in [0.2, 0.25) is 5.91 Å². The van der Waals surface area contributed by atoms with Crippen molar-refractivity contribution in [2.45, 2.75) is 57.9 Å². The largest absolute Gasteiger partial charge is 0.504 e. The van der Waals surface area contributed by atoms with Crippen molar-refractivity contribution in [2.75, 3.05) is 4.90 Å². The molecule has 2 N–H and O–H groups in total. The molecule has 1 aromatic heterocycles. The van der Waals surface area contributed by atoms with E-state index in [0.29, 0.717) is 12.8 Å². The standard InChI is InChI=1S/C22H28N2O3/c1-2-17(14-16-11-12-19(25)20(26)15-16)22(27)24(18-8-4-3-5-9-18)21-10-6-7-13-23-21/h6-7,10-13,15,17-18,25-26H,2-5,8-9,14H2,1H3. The van der Waals surface area contributed by atoms with Gasteiger partial charge < -0.3 is 10.2 Å². The summed E-state index contributed by atoms with van der Waals surface area (Å²) < 4.78 is 0. The number of amides is 1. The molecule has 2 aromatic rings. The van der Waals surface area contributed by atoms with E-state index in [9.17, 15) is 15.0 Å². The molecule has 1 atom stereocenters. The number of rotatable bonds is 6. The Labute approximate surface area is 160 Å². The predicted octanol–water partition coefficient (Wildman–Crippen LogP) is 4.43. The average molecular weight is 368 g/mol. The predicted molar refractivity (Wildman–Crippen MR) is 106 cm³/mol. The molecule has 1 fully saturated rings. The molecule has 1 aromatic carbocycles. The maximum absolute atomic E-state index is 13.5. The van der Waals surface area contributed by atoms with Crippen LogP contribution < -0.4 is 4.90 Å². The summed E-state index contributed by atoms with van der Waals surface area (Å²) in [6.45, 7) is 2.01. The van der Waals surface area contributed by atoms with E-state index in [1.165, 1.54) is 18.6 Å². The molecule has 1 heterocycles.